The zero-order valence-corrected chi connectivity index (χ0v) is 24.9. The number of hydrogen-bond donors (Lipinski definition) is 0. The van der Waals surface area contributed by atoms with Crippen molar-refractivity contribution in [1.82, 2.24) is 0 Å². The van der Waals surface area contributed by atoms with Gasteiger partial charge in [-0.05, 0) is 68.1 Å². The summed E-state index contributed by atoms with van der Waals surface area (Å²) in [5, 5.41) is 0. The van der Waals surface area contributed by atoms with E-state index < -0.39 is 0 Å². The lowest BCUT2D eigenvalue weighted by atomic mass is 9.90. The molecule has 0 atom stereocenters. The smallest absolute Gasteiger partial charge is 0.0273 e. The lowest BCUT2D eigenvalue weighted by Gasteiger charge is -2.16. The molecule has 0 fully saturated rings. The lowest BCUT2D eigenvalue weighted by Crippen LogP contribution is -2.02. The van der Waals surface area contributed by atoms with Crippen molar-refractivity contribution in [2.24, 2.45) is 0 Å². The van der Waals surface area contributed by atoms with Crippen molar-refractivity contribution in [3.05, 3.63) is 47.5 Å². The van der Waals surface area contributed by atoms with Gasteiger partial charge in [0.05, 0.1) is 0 Å². The Morgan fingerprint density at radius 2 is 0.833 bits per heavy atom. The molecule has 0 nitrogen and oxygen atoms in total. The second-order valence-corrected chi connectivity index (χ2v) is 11.5. The molecule has 1 aromatic carbocycles. The van der Waals surface area contributed by atoms with Gasteiger partial charge in [-0.15, -0.1) is 6.58 Å². The Morgan fingerprint density at radius 1 is 0.472 bits per heavy atom. The van der Waals surface area contributed by atoms with Crippen molar-refractivity contribution in [3.63, 3.8) is 0 Å². The molecular weight excluding hydrogens is 432 g/mol. The molecule has 0 bridgehead atoms. The SMILES string of the molecule is C=CCCCCCCCCCCCCCCc1cccc(CCCCCCC)c1CCCCCCC. The molecule has 0 unspecified atom stereocenters. The van der Waals surface area contributed by atoms with Crippen LogP contribution in [0.4, 0.5) is 0 Å². The Morgan fingerprint density at radius 3 is 1.25 bits per heavy atom. The van der Waals surface area contributed by atoms with Crippen molar-refractivity contribution >= 4 is 0 Å². The van der Waals surface area contributed by atoms with Gasteiger partial charge in [0, 0.05) is 0 Å². The van der Waals surface area contributed by atoms with Crippen LogP contribution in [0.15, 0.2) is 30.9 Å². The van der Waals surface area contributed by atoms with E-state index in [0.717, 1.165) is 0 Å². The molecule has 0 aliphatic rings. The third kappa shape index (κ3) is 18.2. The third-order valence-electron chi connectivity index (χ3n) is 8.05. The summed E-state index contributed by atoms with van der Waals surface area (Å²) in [6, 6.07) is 7.27. The monoisotopic (exact) mass is 497 g/mol. The topological polar surface area (TPSA) is 0 Å². The van der Waals surface area contributed by atoms with Gasteiger partial charge >= 0.3 is 0 Å². The minimum atomic E-state index is 1.20. The third-order valence-corrected chi connectivity index (χ3v) is 8.05. The van der Waals surface area contributed by atoms with Gasteiger partial charge < -0.3 is 0 Å². The maximum atomic E-state index is 3.81. The summed E-state index contributed by atoms with van der Waals surface area (Å²) in [5.74, 6) is 0. The summed E-state index contributed by atoms with van der Waals surface area (Å²) in [5.41, 5.74) is 5.11. The molecule has 0 amide bonds. The van der Waals surface area contributed by atoms with Gasteiger partial charge in [-0.1, -0.05) is 154 Å². The normalized spacial score (nSPS) is 11.3. The van der Waals surface area contributed by atoms with Gasteiger partial charge in [0.15, 0.2) is 0 Å². The maximum absolute atomic E-state index is 3.81. The molecule has 0 aromatic heterocycles. The van der Waals surface area contributed by atoms with Crippen molar-refractivity contribution in [3.8, 4) is 0 Å². The Kier molecular flexibility index (Phi) is 23.5. The summed E-state index contributed by atoms with van der Waals surface area (Å²) >= 11 is 0. The van der Waals surface area contributed by atoms with E-state index in [1.54, 1.807) is 16.7 Å². The van der Waals surface area contributed by atoms with Gasteiger partial charge in [-0.3, -0.25) is 0 Å². The van der Waals surface area contributed by atoms with Crippen LogP contribution >= 0.6 is 0 Å². The molecule has 0 aliphatic carbocycles. The molecule has 0 N–H and O–H groups in total. The fourth-order valence-corrected chi connectivity index (χ4v) is 5.67. The highest BCUT2D eigenvalue weighted by Gasteiger charge is 2.09. The molecule has 1 rings (SSSR count). The Labute approximate surface area is 228 Å². The zero-order chi connectivity index (χ0) is 25.9. The molecule has 0 radical (unpaired) electrons. The second kappa shape index (κ2) is 25.6. The Bertz CT molecular complexity index is 598. The molecule has 0 saturated carbocycles. The first-order valence-corrected chi connectivity index (χ1v) is 16.5. The van der Waals surface area contributed by atoms with Crippen LogP contribution in [-0.2, 0) is 19.3 Å². The van der Waals surface area contributed by atoms with Crippen LogP contribution in [0.2, 0.25) is 0 Å². The van der Waals surface area contributed by atoms with E-state index in [0.29, 0.717) is 0 Å². The lowest BCUT2D eigenvalue weighted by molar-refractivity contribution is 0.541. The molecule has 0 spiro atoms. The van der Waals surface area contributed by atoms with E-state index in [9.17, 15) is 0 Å². The summed E-state index contributed by atoms with van der Waals surface area (Å²) in [7, 11) is 0. The van der Waals surface area contributed by atoms with Gasteiger partial charge in [-0.25, -0.2) is 0 Å². The van der Waals surface area contributed by atoms with Crippen LogP contribution in [0.5, 0.6) is 0 Å². The Hall–Kier alpha value is -1.04. The summed E-state index contributed by atoms with van der Waals surface area (Å²) in [4.78, 5) is 0. The minimum absolute atomic E-state index is 1.20. The first-order chi connectivity index (χ1) is 17.8. The maximum Gasteiger partial charge on any atom is -0.0273 e. The van der Waals surface area contributed by atoms with Gasteiger partial charge in [0.1, 0.15) is 0 Å². The van der Waals surface area contributed by atoms with E-state index in [4.69, 9.17) is 0 Å². The molecule has 0 saturated heterocycles. The molecular formula is C36H64. The van der Waals surface area contributed by atoms with Crippen LogP contribution in [0.25, 0.3) is 0 Å². The number of aryl methyl sites for hydroxylation is 2. The van der Waals surface area contributed by atoms with Gasteiger partial charge in [0.2, 0.25) is 0 Å². The van der Waals surface area contributed by atoms with Crippen molar-refractivity contribution in [2.75, 3.05) is 0 Å². The van der Waals surface area contributed by atoms with Crippen LogP contribution in [0.3, 0.4) is 0 Å². The first kappa shape index (κ1) is 33.0. The van der Waals surface area contributed by atoms with Gasteiger partial charge in [-0.2, -0.15) is 0 Å². The summed E-state index contributed by atoms with van der Waals surface area (Å²) in [6.45, 7) is 8.45. The number of hydrogen-bond acceptors (Lipinski definition) is 0. The van der Waals surface area contributed by atoms with Crippen LogP contribution < -0.4 is 0 Å². The largest absolute Gasteiger partial charge is 0.103 e. The average Bonchev–Trinajstić information content (AvgIpc) is 2.89. The molecule has 0 heterocycles. The van der Waals surface area contributed by atoms with E-state index in [1.165, 1.54) is 167 Å². The highest BCUT2D eigenvalue weighted by molar-refractivity contribution is 5.36. The highest BCUT2D eigenvalue weighted by Crippen LogP contribution is 2.23. The highest BCUT2D eigenvalue weighted by atomic mass is 14.1. The molecule has 208 valence electrons. The molecule has 36 heavy (non-hydrogen) atoms. The standard InChI is InChI=1S/C36H64/c1-4-7-10-13-14-15-16-17-18-19-20-21-24-26-30-35-32-28-31-34(29-25-22-11-8-5-2)36(35)33-27-23-12-9-6-3/h4,28,31-32H,1,5-27,29-30,33H2,2-3H3. The van der Waals surface area contributed by atoms with E-state index >= 15 is 0 Å². The second-order valence-electron chi connectivity index (χ2n) is 11.5. The molecule has 0 heteroatoms. The predicted octanol–water partition coefficient (Wildman–Crippen LogP) is 12.5. The number of benzene rings is 1. The number of allylic oxidation sites excluding steroid dienone is 1. The van der Waals surface area contributed by atoms with Crippen LogP contribution in [-0.4, -0.2) is 0 Å². The fraction of sp³-hybridized carbons (Fsp3) is 0.778. The summed E-state index contributed by atoms with van der Waals surface area (Å²) < 4.78 is 0. The van der Waals surface area contributed by atoms with E-state index in [2.05, 4.69) is 44.7 Å². The molecule has 0 aliphatic heterocycles. The first-order valence-electron chi connectivity index (χ1n) is 16.5. The number of unbranched alkanes of at least 4 members (excludes halogenated alkanes) is 20. The van der Waals surface area contributed by atoms with Crippen molar-refractivity contribution < 1.29 is 0 Å². The zero-order valence-electron chi connectivity index (χ0n) is 24.9. The quantitative estimate of drug-likeness (QED) is 0.0838. The van der Waals surface area contributed by atoms with Gasteiger partial charge in [0.25, 0.3) is 0 Å². The van der Waals surface area contributed by atoms with Crippen molar-refractivity contribution in [2.45, 2.75) is 181 Å². The van der Waals surface area contributed by atoms with E-state index in [-0.39, 0.29) is 0 Å². The van der Waals surface area contributed by atoms with Crippen LogP contribution in [0.1, 0.15) is 178 Å². The van der Waals surface area contributed by atoms with E-state index in [1.807, 2.05) is 0 Å². The average molecular weight is 497 g/mol. The predicted molar refractivity (Wildman–Crippen MR) is 165 cm³/mol. The molecule has 1 aromatic rings. The van der Waals surface area contributed by atoms with Crippen molar-refractivity contribution in [1.29, 1.82) is 0 Å². The summed E-state index contributed by atoms with van der Waals surface area (Å²) in [6.07, 6.45) is 38.2. The minimum Gasteiger partial charge on any atom is -0.103 e. The van der Waals surface area contributed by atoms with Crippen LogP contribution in [0, 0.1) is 0 Å². The fourth-order valence-electron chi connectivity index (χ4n) is 5.67. The number of rotatable bonds is 27. The Balaban J connectivity index is 2.29.